The van der Waals surface area contributed by atoms with Crippen molar-refractivity contribution in [1.29, 1.82) is 0 Å². The summed E-state index contributed by atoms with van der Waals surface area (Å²) >= 11 is 0. The van der Waals surface area contributed by atoms with Gasteiger partial charge in [0.1, 0.15) is 5.58 Å². The Balaban J connectivity index is 1.23. The van der Waals surface area contributed by atoms with Gasteiger partial charge in [-0.15, -0.1) is 0 Å². The predicted octanol–water partition coefficient (Wildman–Crippen LogP) is 15.5. The molecule has 0 bridgehead atoms. The Kier molecular flexibility index (Phi) is 7.53. The predicted molar refractivity (Wildman–Crippen MR) is 237 cm³/mol. The molecule has 262 valence electrons. The fraction of sp³-hybridized carbons (Fsp3) is 0. The lowest BCUT2D eigenvalue weighted by Crippen LogP contribution is -2.10. The summed E-state index contributed by atoms with van der Waals surface area (Å²) in [7, 11) is 0. The van der Waals surface area contributed by atoms with E-state index >= 15 is 0 Å². The average Bonchev–Trinajstić information content (AvgIpc) is 3.66. The molecular weight excluding hydrogens is 679 g/mol. The third-order valence-corrected chi connectivity index (χ3v) is 11.2. The maximum atomic E-state index is 6.75. The van der Waals surface area contributed by atoms with E-state index in [1.807, 2.05) is 6.07 Å². The van der Waals surface area contributed by atoms with Crippen LogP contribution in [0.3, 0.4) is 0 Å². The molecule has 1 heterocycles. The van der Waals surface area contributed by atoms with Gasteiger partial charge in [0.15, 0.2) is 5.58 Å². The van der Waals surface area contributed by atoms with Crippen molar-refractivity contribution >= 4 is 71.3 Å². The number of fused-ring (bicyclic) bond motifs is 7. The highest BCUT2D eigenvalue weighted by molar-refractivity contribution is 6.22. The summed E-state index contributed by atoms with van der Waals surface area (Å²) in [4.78, 5) is 2.38. The van der Waals surface area contributed by atoms with Crippen LogP contribution in [0.1, 0.15) is 0 Å². The van der Waals surface area contributed by atoms with Gasteiger partial charge in [0.25, 0.3) is 0 Å². The molecule has 1 aromatic heterocycles. The summed E-state index contributed by atoms with van der Waals surface area (Å²) in [6.07, 6.45) is 0. The molecule has 11 rings (SSSR count). The number of nitrogens with zero attached hydrogens (tertiary/aromatic N) is 1. The zero-order valence-electron chi connectivity index (χ0n) is 30.6. The van der Waals surface area contributed by atoms with Gasteiger partial charge >= 0.3 is 0 Å². The van der Waals surface area contributed by atoms with Crippen LogP contribution < -0.4 is 4.90 Å². The first kappa shape index (κ1) is 32.0. The van der Waals surface area contributed by atoms with Crippen molar-refractivity contribution in [1.82, 2.24) is 0 Å². The normalized spacial score (nSPS) is 11.6. The molecule has 0 N–H and O–H groups in total. The SMILES string of the molecule is c1ccc(-c2c(-c3ccccc3)c3cc(N(c4cccc(-c5cccc6ccccc56)c4)c4cccc5c4oc4ccccc45)ccc3c3ccccc23)cc1. The van der Waals surface area contributed by atoms with Crippen LogP contribution in [0.2, 0.25) is 0 Å². The quantitative estimate of drug-likeness (QED) is 0.160. The topological polar surface area (TPSA) is 16.4 Å². The first-order valence-corrected chi connectivity index (χ1v) is 19.2. The van der Waals surface area contributed by atoms with Crippen LogP contribution in [0, 0.1) is 0 Å². The summed E-state index contributed by atoms with van der Waals surface area (Å²) in [6.45, 7) is 0. The van der Waals surface area contributed by atoms with E-state index < -0.39 is 0 Å². The van der Waals surface area contributed by atoms with Crippen LogP contribution in [-0.2, 0) is 0 Å². The monoisotopic (exact) mass is 713 g/mol. The van der Waals surface area contributed by atoms with Gasteiger partial charge in [-0.2, -0.15) is 0 Å². The summed E-state index contributed by atoms with van der Waals surface area (Å²) in [5.41, 5.74) is 12.0. The third kappa shape index (κ3) is 5.19. The summed E-state index contributed by atoms with van der Waals surface area (Å²) < 4.78 is 6.75. The molecule has 0 aliphatic heterocycles. The van der Waals surface area contributed by atoms with Crippen molar-refractivity contribution in [3.8, 4) is 33.4 Å². The third-order valence-electron chi connectivity index (χ3n) is 11.2. The van der Waals surface area contributed by atoms with E-state index in [0.29, 0.717) is 0 Å². The van der Waals surface area contributed by atoms with Crippen molar-refractivity contribution in [3.63, 3.8) is 0 Å². The minimum atomic E-state index is 0.858. The molecule has 0 radical (unpaired) electrons. The van der Waals surface area contributed by atoms with E-state index in [1.165, 1.54) is 60.1 Å². The second-order valence-electron chi connectivity index (χ2n) is 14.4. The fourth-order valence-electron chi connectivity index (χ4n) is 8.75. The van der Waals surface area contributed by atoms with Gasteiger partial charge in [0.2, 0.25) is 0 Å². The maximum Gasteiger partial charge on any atom is 0.159 e. The molecule has 0 unspecified atom stereocenters. The molecule has 0 spiro atoms. The first-order chi connectivity index (χ1) is 27.8. The largest absolute Gasteiger partial charge is 0.454 e. The molecule has 0 aliphatic rings. The second kappa shape index (κ2) is 13.2. The van der Waals surface area contributed by atoms with E-state index in [-0.39, 0.29) is 0 Å². The Morgan fingerprint density at radius 3 is 1.68 bits per heavy atom. The van der Waals surface area contributed by atoms with Crippen LogP contribution in [0.5, 0.6) is 0 Å². The molecule has 0 fully saturated rings. The Labute approximate surface area is 325 Å². The van der Waals surface area contributed by atoms with Gasteiger partial charge in [0, 0.05) is 22.1 Å². The first-order valence-electron chi connectivity index (χ1n) is 19.2. The zero-order chi connectivity index (χ0) is 37.0. The van der Waals surface area contributed by atoms with E-state index in [0.717, 1.165) is 44.6 Å². The number of rotatable bonds is 6. The van der Waals surface area contributed by atoms with Crippen molar-refractivity contribution in [2.75, 3.05) is 4.90 Å². The van der Waals surface area contributed by atoms with Crippen molar-refractivity contribution in [2.45, 2.75) is 0 Å². The summed E-state index contributed by atoms with van der Waals surface area (Å²) in [6, 6.07) is 76.5. The van der Waals surface area contributed by atoms with Crippen LogP contribution >= 0.6 is 0 Å². The lowest BCUT2D eigenvalue weighted by molar-refractivity contribution is 0.669. The van der Waals surface area contributed by atoms with Crippen LogP contribution in [-0.4, -0.2) is 0 Å². The molecular formula is C54H35NO. The van der Waals surface area contributed by atoms with Gasteiger partial charge in [-0.1, -0.05) is 176 Å². The minimum absolute atomic E-state index is 0.858. The van der Waals surface area contributed by atoms with Crippen molar-refractivity contribution in [2.24, 2.45) is 0 Å². The Hall–Kier alpha value is -7.42. The van der Waals surface area contributed by atoms with Crippen LogP contribution in [0.4, 0.5) is 17.1 Å². The van der Waals surface area contributed by atoms with Crippen molar-refractivity contribution < 1.29 is 4.42 Å². The minimum Gasteiger partial charge on any atom is -0.454 e. The number of anilines is 3. The van der Waals surface area contributed by atoms with E-state index in [4.69, 9.17) is 4.42 Å². The summed E-state index contributed by atoms with van der Waals surface area (Å²) in [5, 5.41) is 9.54. The van der Waals surface area contributed by atoms with E-state index in [9.17, 15) is 0 Å². The molecule has 56 heavy (non-hydrogen) atoms. The van der Waals surface area contributed by atoms with E-state index in [2.05, 4.69) is 211 Å². The average molecular weight is 714 g/mol. The Morgan fingerprint density at radius 1 is 0.321 bits per heavy atom. The highest BCUT2D eigenvalue weighted by Gasteiger charge is 2.23. The number of hydrogen-bond donors (Lipinski definition) is 0. The highest BCUT2D eigenvalue weighted by Crippen LogP contribution is 2.48. The van der Waals surface area contributed by atoms with Gasteiger partial charge in [-0.3, -0.25) is 0 Å². The van der Waals surface area contributed by atoms with Crippen molar-refractivity contribution in [3.05, 3.63) is 212 Å². The fourth-order valence-corrected chi connectivity index (χ4v) is 8.75. The zero-order valence-corrected chi connectivity index (χ0v) is 30.6. The molecule has 0 atom stereocenters. The number of furan rings is 1. The maximum absolute atomic E-state index is 6.75. The van der Waals surface area contributed by atoms with Crippen LogP contribution in [0.15, 0.2) is 217 Å². The van der Waals surface area contributed by atoms with Crippen LogP contribution in [0.25, 0.3) is 87.6 Å². The van der Waals surface area contributed by atoms with Gasteiger partial charge in [-0.25, -0.2) is 0 Å². The Morgan fingerprint density at radius 2 is 0.875 bits per heavy atom. The molecule has 0 amide bonds. The lowest BCUT2D eigenvalue weighted by Gasteiger charge is -2.27. The van der Waals surface area contributed by atoms with Gasteiger partial charge in [-0.05, 0) is 102 Å². The molecule has 2 heteroatoms. The smallest absolute Gasteiger partial charge is 0.159 e. The summed E-state index contributed by atoms with van der Waals surface area (Å²) in [5.74, 6) is 0. The number of benzene rings is 10. The second-order valence-corrected chi connectivity index (χ2v) is 14.4. The van der Waals surface area contributed by atoms with Gasteiger partial charge in [0.05, 0.1) is 5.69 Å². The number of hydrogen-bond acceptors (Lipinski definition) is 2. The highest BCUT2D eigenvalue weighted by atomic mass is 16.3. The standard InChI is InChI=1S/C54H35NO/c1-3-17-37(18-4-1)52-47-27-10-9-25-44(47)45-33-32-41(35-49(45)53(52)38-19-5-2-6-20-38)55(50-30-15-29-48-46-26-11-12-31-51(46)56-54(48)50)40-23-13-22-39(34-40)43-28-14-21-36-16-7-8-24-42(36)43/h1-35H. The molecule has 10 aromatic carbocycles. The molecule has 2 nitrogen and oxygen atoms in total. The molecule has 0 saturated carbocycles. The van der Waals surface area contributed by atoms with Gasteiger partial charge < -0.3 is 9.32 Å². The Bertz CT molecular complexity index is 3250. The molecule has 0 saturated heterocycles. The molecule has 0 aliphatic carbocycles. The van der Waals surface area contributed by atoms with E-state index in [1.54, 1.807) is 0 Å². The molecule has 11 aromatic rings. The number of para-hydroxylation sites is 2. The lowest BCUT2D eigenvalue weighted by atomic mass is 9.85.